The summed E-state index contributed by atoms with van der Waals surface area (Å²) in [6.07, 6.45) is 19.4. The first kappa shape index (κ1) is 26.7. The van der Waals surface area contributed by atoms with Crippen molar-refractivity contribution in [1.82, 2.24) is 4.90 Å². The number of hydrogen-bond donors (Lipinski definition) is 0. The average molecular weight is 450 g/mol. The van der Waals surface area contributed by atoms with E-state index in [2.05, 4.69) is 42.5 Å². The maximum absolute atomic E-state index is 12.0. The summed E-state index contributed by atoms with van der Waals surface area (Å²) in [6.45, 7) is 1.08. The Morgan fingerprint density at radius 2 is 1.21 bits per heavy atom. The number of rotatable bonds is 17. The molecule has 1 amide bonds. The van der Waals surface area contributed by atoms with Crippen LogP contribution in [0.15, 0.2) is 72.8 Å². The molecule has 0 saturated heterocycles. The molecule has 0 bridgehead atoms. The third-order valence-electron chi connectivity index (χ3n) is 5.98. The van der Waals surface area contributed by atoms with Crippen LogP contribution in [0.5, 0.6) is 0 Å². The smallest absolute Gasteiger partial charge is 0.409 e. The molecule has 0 aliphatic carbocycles. The summed E-state index contributed by atoms with van der Waals surface area (Å²) in [4.78, 5) is 13.7. The molecule has 0 unspecified atom stereocenters. The lowest BCUT2D eigenvalue weighted by atomic mass is 10.0. The van der Waals surface area contributed by atoms with Gasteiger partial charge in [0.05, 0.1) is 0 Å². The van der Waals surface area contributed by atoms with E-state index in [0.29, 0.717) is 6.61 Å². The number of aryl methyl sites for hydroxylation is 1. The van der Waals surface area contributed by atoms with Gasteiger partial charge in [0.15, 0.2) is 0 Å². The summed E-state index contributed by atoms with van der Waals surface area (Å²) in [5.74, 6) is 0. The molecule has 0 aliphatic rings. The van der Waals surface area contributed by atoms with Crippen molar-refractivity contribution in [1.29, 1.82) is 0 Å². The zero-order valence-corrected chi connectivity index (χ0v) is 20.6. The Bertz CT molecular complexity index is 757. The van der Waals surface area contributed by atoms with Crippen LogP contribution in [0.3, 0.4) is 0 Å². The zero-order valence-electron chi connectivity index (χ0n) is 20.6. The van der Waals surface area contributed by atoms with Crippen LogP contribution >= 0.6 is 0 Å². The van der Waals surface area contributed by atoms with Crippen LogP contribution in [0.4, 0.5) is 4.79 Å². The van der Waals surface area contributed by atoms with Crippen molar-refractivity contribution in [2.75, 3.05) is 13.6 Å². The van der Waals surface area contributed by atoms with E-state index in [1.165, 1.54) is 63.4 Å². The van der Waals surface area contributed by atoms with Crippen molar-refractivity contribution in [3.63, 3.8) is 0 Å². The van der Waals surface area contributed by atoms with Crippen molar-refractivity contribution >= 4 is 6.09 Å². The molecule has 0 saturated carbocycles. The molecule has 3 heteroatoms. The highest BCUT2D eigenvalue weighted by Gasteiger charge is 2.09. The predicted molar refractivity (Wildman–Crippen MR) is 139 cm³/mol. The molecule has 2 aromatic rings. The van der Waals surface area contributed by atoms with Gasteiger partial charge < -0.3 is 9.64 Å². The number of benzene rings is 2. The number of carbonyl (C=O) groups is 1. The molecule has 0 aromatic heterocycles. The molecule has 180 valence electrons. The fourth-order valence-electron chi connectivity index (χ4n) is 3.89. The van der Waals surface area contributed by atoms with Crippen molar-refractivity contribution in [3.8, 4) is 0 Å². The van der Waals surface area contributed by atoms with Crippen LogP contribution in [0.1, 0.15) is 81.8 Å². The fraction of sp³-hybridized carbons (Fsp3) is 0.500. The second-order valence-corrected chi connectivity index (χ2v) is 8.93. The van der Waals surface area contributed by atoms with E-state index in [0.717, 1.165) is 31.4 Å². The topological polar surface area (TPSA) is 29.5 Å². The summed E-state index contributed by atoms with van der Waals surface area (Å²) in [6, 6.07) is 20.6. The molecule has 2 rings (SSSR count). The monoisotopic (exact) mass is 449 g/mol. The minimum Gasteiger partial charge on any atom is -0.445 e. The second kappa shape index (κ2) is 17.9. The van der Waals surface area contributed by atoms with Crippen LogP contribution in [0, 0.1) is 0 Å². The number of ether oxygens (including phenoxy) is 1. The number of unbranched alkanes of at least 4 members (excludes halogenated alkanes) is 9. The number of nitrogens with zero attached hydrogens (tertiary/aromatic N) is 1. The summed E-state index contributed by atoms with van der Waals surface area (Å²) in [5, 5.41) is 0. The van der Waals surface area contributed by atoms with Gasteiger partial charge in [0.25, 0.3) is 0 Å². The molecule has 0 N–H and O–H groups in total. The van der Waals surface area contributed by atoms with Gasteiger partial charge in [-0.1, -0.05) is 105 Å². The summed E-state index contributed by atoms with van der Waals surface area (Å²) < 4.78 is 5.35. The molecular weight excluding hydrogens is 406 g/mol. The van der Waals surface area contributed by atoms with E-state index >= 15 is 0 Å². The molecule has 3 nitrogen and oxygen atoms in total. The van der Waals surface area contributed by atoms with Gasteiger partial charge in [-0.3, -0.25) is 0 Å². The lowest BCUT2D eigenvalue weighted by molar-refractivity contribution is 0.104. The van der Waals surface area contributed by atoms with Gasteiger partial charge in [-0.2, -0.15) is 0 Å². The third-order valence-corrected chi connectivity index (χ3v) is 5.98. The Hall–Kier alpha value is -2.55. The van der Waals surface area contributed by atoms with E-state index in [1.54, 1.807) is 4.90 Å². The van der Waals surface area contributed by atoms with Gasteiger partial charge in [0.2, 0.25) is 0 Å². The van der Waals surface area contributed by atoms with Crippen LogP contribution in [-0.4, -0.2) is 24.6 Å². The van der Waals surface area contributed by atoms with Gasteiger partial charge in [0.1, 0.15) is 6.61 Å². The standard InChI is InChI=1S/C30H43NO2/c1-31(30(32)33-27-29-24-18-14-19-25-29)26-20-12-10-8-6-4-2-3-5-7-9-11-15-21-28-22-16-13-17-23-28/h6,8,13-14,16-19,22-25H,2-5,7,9-12,15,20-21,26-27H2,1H3/b8-6+. The summed E-state index contributed by atoms with van der Waals surface area (Å²) in [7, 11) is 1.81. The predicted octanol–water partition coefficient (Wildman–Crippen LogP) is 8.35. The fourth-order valence-corrected chi connectivity index (χ4v) is 3.89. The number of hydrogen-bond acceptors (Lipinski definition) is 2. The Balaban J connectivity index is 1.34. The largest absolute Gasteiger partial charge is 0.445 e. The van der Waals surface area contributed by atoms with Gasteiger partial charge >= 0.3 is 6.09 Å². The van der Waals surface area contributed by atoms with E-state index < -0.39 is 0 Å². The molecule has 0 radical (unpaired) electrons. The van der Waals surface area contributed by atoms with Gasteiger partial charge in [-0.15, -0.1) is 0 Å². The lowest BCUT2D eigenvalue weighted by Gasteiger charge is -2.16. The molecule has 0 spiro atoms. The molecule has 0 atom stereocenters. The quantitative estimate of drug-likeness (QED) is 0.179. The molecular formula is C30H43NO2. The first-order chi connectivity index (χ1) is 16.3. The molecule has 0 fully saturated rings. The van der Waals surface area contributed by atoms with Crippen LogP contribution in [-0.2, 0) is 17.8 Å². The Labute approximate surface area is 201 Å². The summed E-state index contributed by atoms with van der Waals surface area (Å²) >= 11 is 0. The maximum atomic E-state index is 12.0. The first-order valence-electron chi connectivity index (χ1n) is 12.9. The van der Waals surface area contributed by atoms with E-state index in [9.17, 15) is 4.79 Å². The third kappa shape index (κ3) is 13.6. The Morgan fingerprint density at radius 3 is 1.85 bits per heavy atom. The number of amides is 1. The number of carbonyl (C=O) groups excluding carboxylic acids is 1. The van der Waals surface area contributed by atoms with E-state index in [1.807, 2.05) is 37.4 Å². The van der Waals surface area contributed by atoms with E-state index in [4.69, 9.17) is 4.74 Å². The maximum Gasteiger partial charge on any atom is 0.409 e. The SMILES string of the molecule is CN(CCCC/C=C/CCCCCCCCCc1ccccc1)C(=O)OCc1ccccc1. The molecule has 33 heavy (non-hydrogen) atoms. The van der Waals surface area contributed by atoms with Gasteiger partial charge in [0, 0.05) is 13.6 Å². The van der Waals surface area contributed by atoms with Crippen LogP contribution in [0.25, 0.3) is 0 Å². The van der Waals surface area contributed by atoms with Crippen molar-refractivity contribution in [3.05, 3.63) is 83.9 Å². The zero-order chi connectivity index (χ0) is 23.4. The van der Waals surface area contributed by atoms with Crippen molar-refractivity contribution in [2.24, 2.45) is 0 Å². The lowest BCUT2D eigenvalue weighted by Crippen LogP contribution is -2.28. The first-order valence-corrected chi connectivity index (χ1v) is 12.9. The highest BCUT2D eigenvalue weighted by molar-refractivity contribution is 5.67. The normalized spacial score (nSPS) is 11.1. The van der Waals surface area contributed by atoms with Crippen molar-refractivity contribution in [2.45, 2.75) is 83.7 Å². The van der Waals surface area contributed by atoms with Gasteiger partial charge in [-0.25, -0.2) is 4.79 Å². The average Bonchev–Trinajstić information content (AvgIpc) is 2.86. The Morgan fingerprint density at radius 1 is 0.697 bits per heavy atom. The molecule has 0 aliphatic heterocycles. The minimum absolute atomic E-state index is 0.245. The second-order valence-electron chi connectivity index (χ2n) is 8.93. The highest BCUT2D eigenvalue weighted by Crippen LogP contribution is 2.12. The van der Waals surface area contributed by atoms with Crippen molar-refractivity contribution < 1.29 is 9.53 Å². The van der Waals surface area contributed by atoms with Crippen LogP contribution in [0.2, 0.25) is 0 Å². The summed E-state index contributed by atoms with van der Waals surface area (Å²) in [5.41, 5.74) is 2.49. The number of allylic oxidation sites excluding steroid dienone is 2. The highest BCUT2D eigenvalue weighted by atomic mass is 16.6. The Kier molecular flexibility index (Phi) is 14.5. The molecule has 0 heterocycles. The minimum atomic E-state index is -0.245. The van der Waals surface area contributed by atoms with Crippen LogP contribution < -0.4 is 0 Å². The van der Waals surface area contributed by atoms with E-state index in [-0.39, 0.29) is 6.09 Å². The molecule has 2 aromatic carbocycles. The van der Waals surface area contributed by atoms with Gasteiger partial charge in [-0.05, 0) is 56.1 Å².